The van der Waals surface area contributed by atoms with Gasteiger partial charge < -0.3 is 8.83 Å². The molecule has 386 valence electrons. The first-order chi connectivity index (χ1) is 38.4. The van der Waals surface area contributed by atoms with Gasteiger partial charge in [-0.3, -0.25) is 29.2 Å². The Morgan fingerprint density at radius 1 is 0.418 bits per heavy atom. The van der Waals surface area contributed by atoms with Crippen LogP contribution >= 0.6 is 0 Å². The maximum Gasteiger partial charge on any atom is 0.403 e. The lowest BCUT2D eigenvalue weighted by Gasteiger charge is -2.19. The number of pyridine rings is 6. The molecule has 0 saturated heterocycles. The first-order valence-corrected chi connectivity index (χ1v) is 27.0. The third-order valence-corrected chi connectivity index (χ3v) is 14.9. The van der Waals surface area contributed by atoms with E-state index < -0.39 is 0 Å². The number of hydrogen-bond donors (Lipinski definition) is 0. The molecule has 12 heterocycles. The van der Waals surface area contributed by atoms with Gasteiger partial charge in [0.2, 0.25) is 0 Å². The van der Waals surface area contributed by atoms with Gasteiger partial charge in [-0.05, 0) is 106 Å². The second-order valence-corrected chi connectivity index (χ2v) is 20.7. The van der Waals surface area contributed by atoms with Gasteiger partial charge in [-0.15, -0.1) is 0 Å². The van der Waals surface area contributed by atoms with Crippen molar-refractivity contribution in [3.8, 4) is 0 Å². The van der Waals surface area contributed by atoms with E-state index in [1.165, 1.54) is 54.1 Å². The minimum absolute atomic E-state index is 0.280. The third-order valence-electron chi connectivity index (χ3n) is 14.9. The van der Waals surface area contributed by atoms with Crippen molar-refractivity contribution in [2.45, 2.75) is 34.2 Å². The monoisotopic (exact) mass is 1040 g/mol. The molecule has 4 aliphatic heterocycles. The van der Waals surface area contributed by atoms with Gasteiger partial charge in [-0.2, -0.15) is 0 Å². The minimum Gasteiger partial charge on any atom is -0.452 e. The van der Waals surface area contributed by atoms with Crippen LogP contribution < -0.4 is 79.8 Å². The quantitative estimate of drug-likeness (QED) is 0.196. The Morgan fingerprint density at radius 3 is 1.42 bits per heavy atom. The van der Waals surface area contributed by atoms with Crippen LogP contribution in [0.1, 0.15) is 5.56 Å². The SMILES string of the molecule is CB1C=c2c(oc3ccccc23)=CN1c1ccc(C)c[n+]1C.CB1C=c2c(oc3ccccc23)=CN1c1cccc[n+]1C.CB1C=c2cnccc2=CN1c1cccc[n+]1C.CB1C=c2ncccc2=CN1c1cccc[n+]1C. The fraction of sp³-hybridized carbons (Fsp3) is 0.143. The van der Waals surface area contributed by atoms with Crippen molar-refractivity contribution in [1.82, 2.24) is 9.97 Å². The van der Waals surface area contributed by atoms with Crippen molar-refractivity contribution < 1.29 is 27.1 Å². The number of nitrogens with zero attached hydrogens (tertiary/aromatic N) is 10. The number of furan rings is 2. The van der Waals surface area contributed by atoms with Crippen molar-refractivity contribution in [2.75, 3.05) is 19.2 Å². The molecule has 8 aromatic heterocycles. The Hall–Kier alpha value is -9.16. The summed E-state index contributed by atoms with van der Waals surface area (Å²) in [6.45, 7) is 12.1. The Kier molecular flexibility index (Phi) is 14.7. The summed E-state index contributed by atoms with van der Waals surface area (Å²) in [5.74, 6) is 13.7. The minimum atomic E-state index is 0.280. The largest absolute Gasteiger partial charge is 0.452 e. The molecular formula is C63H64B4N10O2+4. The molecular weight excluding hydrogens is 972 g/mol. The molecule has 0 N–H and O–H groups in total. The first kappa shape index (κ1) is 51.9. The van der Waals surface area contributed by atoms with Crippen LogP contribution in [0.4, 0.5) is 23.3 Å². The molecule has 4 aliphatic rings. The average Bonchev–Trinajstić information content (AvgIpc) is 4.18. The second-order valence-electron chi connectivity index (χ2n) is 20.7. The van der Waals surface area contributed by atoms with E-state index in [1.54, 1.807) is 0 Å². The molecule has 0 bridgehead atoms. The number of hydrogen-bond acceptors (Lipinski definition) is 8. The molecule has 0 saturated carbocycles. The lowest BCUT2D eigenvalue weighted by Crippen LogP contribution is -2.48. The molecule has 14 rings (SSSR count). The van der Waals surface area contributed by atoms with E-state index in [9.17, 15) is 0 Å². The molecule has 10 aromatic rings. The number of aromatic nitrogens is 6. The third kappa shape index (κ3) is 10.8. The molecule has 0 radical (unpaired) electrons. The molecule has 0 aliphatic carbocycles. The molecule has 79 heavy (non-hydrogen) atoms. The van der Waals surface area contributed by atoms with Crippen LogP contribution in [-0.2, 0) is 28.2 Å². The summed E-state index contributed by atoms with van der Waals surface area (Å²) in [5.41, 5.74) is 5.01. The highest BCUT2D eigenvalue weighted by atomic mass is 16.3. The molecule has 0 atom stereocenters. The fourth-order valence-electron chi connectivity index (χ4n) is 10.8. The van der Waals surface area contributed by atoms with Gasteiger partial charge in [0.25, 0.3) is 23.3 Å². The zero-order valence-electron chi connectivity index (χ0n) is 46.5. The first-order valence-electron chi connectivity index (χ1n) is 27.0. The smallest absolute Gasteiger partial charge is 0.403 e. The van der Waals surface area contributed by atoms with E-state index in [0.717, 1.165) is 39.0 Å². The van der Waals surface area contributed by atoms with Gasteiger partial charge in [0.1, 0.15) is 23.6 Å². The number of benzene rings is 2. The van der Waals surface area contributed by atoms with Gasteiger partial charge in [0, 0.05) is 74.5 Å². The van der Waals surface area contributed by atoms with E-state index in [4.69, 9.17) is 8.83 Å². The molecule has 16 heteroatoms. The maximum atomic E-state index is 6.02. The lowest BCUT2D eigenvalue weighted by atomic mass is 9.61. The zero-order chi connectivity index (χ0) is 54.7. The van der Waals surface area contributed by atoms with Crippen LogP contribution in [0.2, 0.25) is 27.3 Å². The highest BCUT2D eigenvalue weighted by Crippen LogP contribution is 2.18. The summed E-state index contributed by atoms with van der Waals surface area (Å²) in [5, 5.41) is 9.44. The molecule has 0 amide bonds. The Morgan fingerprint density at radius 2 is 0.886 bits per heavy atom. The summed E-state index contributed by atoms with van der Waals surface area (Å²) in [4.78, 5) is 17.6. The van der Waals surface area contributed by atoms with Crippen molar-refractivity contribution in [3.05, 3.63) is 225 Å². The molecule has 12 nitrogen and oxygen atoms in total. The van der Waals surface area contributed by atoms with Gasteiger partial charge in [-0.25, -0.2) is 18.3 Å². The van der Waals surface area contributed by atoms with Crippen LogP contribution in [-0.4, -0.2) is 37.4 Å². The summed E-state index contributed by atoms with van der Waals surface area (Å²) < 4.78 is 20.5. The molecule has 0 fully saturated rings. The van der Waals surface area contributed by atoms with E-state index in [-0.39, 0.29) is 13.7 Å². The topological polar surface area (TPSA) is 80.5 Å². The van der Waals surface area contributed by atoms with Crippen LogP contribution in [0.15, 0.2) is 186 Å². The normalized spacial score (nSPS) is 13.7. The number of rotatable bonds is 4. The van der Waals surface area contributed by atoms with E-state index >= 15 is 0 Å². The summed E-state index contributed by atoms with van der Waals surface area (Å²) in [6, 6.07) is 45.5. The standard InChI is InChI=1S/C18H18BN2O.C17H16BN2O.2C14H15BN3/c1-13-8-9-18(20(3)11-13)21-12-17-15(10-19(21)2)14-6-4-5-7-16(14)22-17;1-18-11-14-13-7-3-4-8-15(13)21-16(14)12-20(18)17-9-5-6-10-19(17)2;1-15-10-13-12(6-5-8-16-13)11-18(15)14-7-3-4-9-17(14)2;1-15-9-13-10-16-7-6-12(13)11-18(15)14-5-3-4-8-17(14)2/h4-12H,1-3H3;3-12H,1-2H3;2*3-11H,1-2H3/q4*+1. The second kappa shape index (κ2) is 22.4. The van der Waals surface area contributed by atoms with Gasteiger partial charge in [-0.1, -0.05) is 72.5 Å². The molecule has 2 aromatic carbocycles. The Labute approximate surface area is 462 Å². The summed E-state index contributed by atoms with van der Waals surface area (Å²) >= 11 is 0. The average molecular weight is 1040 g/mol. The molecule has 0 unspecified atom stereocenters. The predicted octanol–water partition coefficient (Wildman–Crippen LogP) is 3.43. The van der Waals surface area contributed by atoms with Gasteiger partial charge in [0.05, 0.1) is 70.7 Å². The number of para-hydroxylation sites is 2. The zero-order valence-corrected chi connectivity index (χ0v) is 46.5. The summed E-state index contributed by atoms with van der Waals surface area (Å²) in [6.07, 6.45) is 22.5. The van der Waals surface area contributed by atoms with Gasteiger partial charge in [0.15, 0.2) is 10.8 Å². The summed E-state index contributed by atoms with van der Waals surface area (Å²) in [7, 11) is 8.27. The van der Waals surface area contributed by atoms with Crippen molar-refractivity contribution in [1.29, 1.82) is 0 Å². The maximum absolute atomic E-state index is 6.02. The van der Waals surface area contributed by atoms with Gasteiger partial charge >= 0.3 is 27.4 Å². The van der Waals surface area contributed by atoms with Crippen molar-refractivity contribution in [3.63, 3.8) is 0 Å². The fourth-order valence-corrected chi connectivity index (χ4v) is 10.8. The van der Waals surface area contributed by atoms with Crippen molar-refractivity contribution in [2.24, 2.45) is 28.2 Å². The van der Waals surface area contributed by atoms with Crippen LogP contribution in [0, 0.1) is 6.92 Å². The lowest BCUT2D eigenvalue weighted by molar-refractivity contribution is -0.658. The number of fused-ring (bicyclic) bond motifs is 8. The van der Waals surface area contributed by atoms with E-state index in [1.807, 2.05) is 73.2 Å². The van der Waals surface area contributed by atoms with Crippen LogP contribution in [0.5, 0.6) is 0 Å². The van der Waals surface area contributed by atoms with Crippen LogP contribution in [0.3, 0.4) is 0 Å². The molecule has 0 spiro atoms. The Balaban J connectivity index is 0.000000112. The Bertz CT molecular complexity index is 4330. The van der Waals surface area contributed by atoms with Crippen molar-refractivity contribution >= 4 is 121 Å². The number of aryl methyl sites for hydroxylation is 5. The number of anilines is 4. The predicted molar refractivity (Wildman–Crippen MR) is 325 cm³/mol. The van der Waals surface area contributed by atoms with E-state index in [0.29, 0.717) is 13.7 Å². The van der Waals surface area contributed by atoms with Crippen LogP contribution in [0.25, 0.3) is 70.6 Å². The van der Waals surface area contributed by atoms with E-state index in [2.05, 4.69) is 262 Å². The highest BCUT2D eigenvalue weighted by molar-refractivity contribution is 6.78. The highest BCUT2D eigenvalue weighted by Gasteiger charge is 2.32.